The Bertz CT molecular complexity index is 643. The van der Waals surface area contributed by atoms with E-state index in [1.165, 1.54) is 0 Å². The number of para-hydroxylation sites is 1. The minimum Gasteiger partial charge on any atom is -0.496 e. The Morgan fingerprint density at radius 2 is 1.92 bits per heavy atom. The van der Waals surface area contributed by atoms with Crippen LogP contribution in [0, 0.1) is 0 Å². The van der Waals surface area contributed by atoms with Crippen LogP contribution in [-0.2, 0) is 25.5 Å². The summed E-state index contributed by atoms with van der Waals surface area (Å²) in [4.78, 5) is 23.8. The van der Waals surface area contributed by atoms with E-state index in [0.717, 1.165) is 37.0 Å². The van der Waals surface area contributed by atoms with Crippen molar-refractivity contribution in [3.63, 3.8) is 0 Å². The summed E-state index contributed by atoms with van der Waals surface area (Å²) in [7, 11) is 1.61. The predicted octanol–water partition coefficient (Wildman–Crippen LogP) is 1.16. The van der Waals surface area contributed by atoms with E-state index < -0.39 is 17.6 Å². The summed E-state index contributed by atoms with van der Waals surface area (Å²) in [5.41, 5.74) is 0.981. The van der Waals surface area contributed by atoms with Gasteiger partial charge >= 0.3 is 11.8 Å². The molecule has 0 radical (unpaired) electrons. The summed E-state index contributed by atoms with van der Waals surface area (Å²) in [6, 6.07) is 7.60. The number of nitrogens with one attached hydrogen (secondary N) is 2. The van der Waals surface area contributed by atoms with Crippen LogP contribution in [0.25, 0.3) is 0 Å². The molecule has 1 heterocycles. The summed E-state index contributed by atoms with van der Waals surface area (Å²) in [6.45, 7) is 1.09. The molecule has 2 N–H and O–H groups in total. The first-order chi connectivity index (χ1) is 12.6. The number of carbonyl (C=O) groups is 2. The molecule has 1 saturated heterocycles. The first kappa shape index (κ1) is 18.7. The van der Waals surface area contributed by atoms with Crippen LogP contribution in [0.1, 0.15) is 31.2 Å². The van der Waals surface area contributed by atoms with E-state index in [9.17, 15) is 9.59 Å². The third kappa shape index (κ3) is 4.53. The van der Waals surface area contributed by atoms with Crippen LogP contribution in [0.2, 0.25) is 0 Å². The summed E-state index contributed by atoms with van der Waals surface area (Å²) < 4.78 is 16.9. The molecule has 3 rings (SSSR count). The Morgan fingerprint density at radius 1 is 1.19 bits per heavy atom. The van der Waals surface area contributed by atoms with Gasteiger partial charge in [0, 0.05) is 25.9 Å². The molecule has 7 nitrogen and oxygen atoms in total. The number of rotatable bonds is 6. The van der Waals surface area contributed by atoms with Gasteiger partial charge in [-0.05, 0) is 30.9 Å². The molecule has 1 atom stereocenters. The summed E-state index contributed by atoms with van der Waals surface area (Å²) in [5.74, 6) is -0.979. The number of ether oxygens (including phenoxy) is 3. The van der Waals surface area contributed by atoms with Gasteiger partial charge in [0.2, 0.25) is 0 Å². The highest BCUT2D eigenvalue weighted by Gasteiger charge is 2.43. The van der Waals surface area contributed by atoms with Gasteiger partial charge in [0.15, 0.2) is 5.79 Å². The Balaban J connectivity index is 1.36. The van der Waals surface area contributed by atoms with Gasteiger partial charge in [0.05, 0.1) is 13.7 Å². The van der Waals surface area contributed by atoms with Gasteiger partial charge in [-0.3, -0.25) is 9.59 Å². The van der Waals surface area contributed by atoms with E-state index in [1.807, 2.05) is 24.3 Å². The Hall–Kier alpha value is -2.12. The van der Waals surface area contributed by atoms with Crippen molar-refractivity contribution in [2.45, 2.75) is 44.0 Å². The molecule has 1 spiro atoms. The number of hydrogen-bond donors (Lipinski definition) is 2. The molecular formula is C19H26N2O5. The highest BCUT2D eigenvalue weighted by molar-refractivity contribution is 6.35. The third-order valence-electron chi connectivity index (χ3n) is 4.85. The number of methoxy groups -OCH3 is 1. The molecule has 7 heteroatoms. The molecule has 142 valence electrons. The highest BCUT2D eigenvalue weighted by atomic mass is 16.7. The van der Waals surface area contributed by atoms with E-state index in [4.69, 9.17) is 14.2 Å². The maximum Gasteiger partial charge on any atom is 0.309 e. The standard InChI is InChI=1S/C19H26N2O5/c1-24-16-7-3-2-6-14(16)8-11-20-17(22)18(23)21-12-15-13-25-19(26-15)9-4-5-10-19/h2-3,6-7,15H,4-5,8-13H2,1H3,(H,20,22)(H,21,23)/t15-/m1/s1. The molecule has 1 aromatic carbocycles. The van der Waals surface area contributed by atoms with Crippen molar-refractivity contribution in [1.82, 2.24) is 10.6 Å². The van der Waals surface area contributed by atoms with Crippen LogP contribution < -0.4 is 15.4 Å². The highest BCUT2D eigenvalue weighted by Crippen LogP contribution is 2.38. The van der Waals surface area contributed by atoms with Crippen molar-refractivity contribution in [3.8, 4) is 5.75 Å². The Kier molecular flexibility index (Phi) is 6.11. The maximum atomic E-state index is 11.9. The van der Waals surface area contributed by atoms with E-state index in [2.05, 4.69) is 10.6 Å². The maximum absolute atomic E-state index is 11.9. The molecule has 0 aromatic heterocycles. The van der Waals surface area contributed by atoms with Crippen LogP contribution in [-0.4, -0.2) is 50.5 Å². The minimum atomic E-state index is -0.652. The van der Waals surface area contributed by atoms with Crippen molar-refractivity contribution in [2.75, 3.05) is 26.8 Å². The van der Waals surface area contributed by atoms with Crippen molar-refractivity contribution in [1.29, 1.82) is 0 Å². The van der Waals surface area contributed by atoms with Gasteiger partial charge in [-0.1, -0.05) is 18.2 Å². The van der Waals surface area contributed by atoms with Gasteiger partial charge in [0.1, 0.15) is 11.9 Å². The lowest BCUT2D eigenvalue weighted by atomic mass is 10.1. The first-order valence-corrected chi connectivity index (χ1v) is 9.11. The van der Waals surface area contributed by atoms with Crippen LogP contribution >= 0.6 is 0 Å². The van der Waals surface area contributed by atoms with Crippen molar-refractivity contribution >= 4 is 11.8 Å². The van der Waals surface area contributed by atoms with Crippen LogP contribution in [0.15, 0.2) is 24.3 Å². The quantitative estimate of drug-likeness (QED) is 0.742. The molecule has 0 unspecified atom stereocenters. The van der Waals surface area contributed by atoms with Crippen LogP contribution in [0.5, 0.6) is 5.75 Å². The first-order valence-electron chi connectivity index (χ1n) is 9.11. The number of amides is 2. The van der Waals surface area contributed by atoms with E-state index >= 15 is 0 Å². The number of carbonyl (C=O) groups excluding carboxylic acids is 2. The van der Waals surface area contributed by atoms with Gasteiger partial charge in [-0.25, -0.2) is 0 Å². The lowest BCUT2D eigenvalue weighted by Gasteiger charge is -2.21. The zero-order valence-corrected chi connectivity index (χ0v) is 15.1. The van der Waals surface area contributed by atoms with Gasteiger partial charge in [0.25, 0.3) is 0 Å². The fraction of sp³-hybridized carbons (Fsp3) is 0.579. The van der Waals surface area contributed by atoms with E-state index in [-0.39, 0.29) is 12.6 Å². The van der Waals surface area contributed by atoms with Crippen molar-refractivity contribution in [2.24, 2.45) is 0 Å². The predicted molar refractivity (Wildman–Crippen MR) is 94.7 cm³/mol. The fourth-order valence-electron chi connectivity index (χ4n) is 3.48. The molecule has 1 saturated carbocycles. The molecule has 1 aliphatic carbocycles. The number of hydrogen-bond acceptors (Lipinski definition) is 5. The lowest BCUT2D eigenvalue weighted by Crippen LogP contribution is -2.44. The topological polar surface area (TPSA) is 85.9 Å². The lowest BCUT2D eigenvalue weighted by molar-refractivity contribution is -0.161. The largest absolute Gasteiger partial charge is 0.496 e. The summed E-state index contributed by atoms with van der Waals surface area (Å²) in [6.07, 6.45) is 4.41. The number of benzene rings is 1. The third-order valence-corrected chi connectivity index (χ3v) is 4.85. The minimum absolute atomic E-state index is 0.196. The molecule has 2 amide bonds. The smallest absolute Gasteiger partial charge is 0.309 e. The second-order valence-corrected chi connectivity index (χ2v) is 6.70. The summed E-state index contributed by atoms with van der Waals surface area (Å²) >= 11 is 0. The molecule has 2 aliphatic rings. The van der Waals surface area contributed by atoms with E-state index in [1.54, 1.807) is 7.11 Å². The van der Waals surface area contributed by atoms with Gasteiger partial charge in [-0.15, -0.1) is 0 Å². The molecule has 26 heavy (non-hydrogen) atoms. The SMILES string of the molecule is COc1ccccc1CCNC(=O)C(=O)NC[C@@H]1COC2(CCCC2)O1. The average molecular weight is 362 g/mol. The summed E-state index contributed by atoms with van der Waals surface area (Å²) in [5, 5.41) is 5.25. The van der Waals surface area contributed by atoms with Crippen molar-refractivity contribution < 1.29 is 23.8 Å². The second kappa shape index (κ2) is 8.51. The molecule has 1 aliphatic heterocycles. The molecule has 0 bridgehead atoms. The van der Waals surface area contributed by atoms with Crippen LogP contribution in [0.3, 0.4) is 0 Å². The Labute approximate surface area is 153 Å². The van der Waals surface area contributed by atoms with Gasteiger partial charge in [-0.2, -0.15) is 0 Å². The second-order valence-electron chi connectivity index (χ2n) is 6.70. The normalized spacial score (nSPS) is 20.9. The zero-order chi connectivity index (χ0) is 18.4. The molecular weight excluding hydrogens is 336 g/mol. The Morgan fingerprint density at radius 3 is 2.69 bits per heavy atom. The van der Waals surface area contributed by atoms with Gasteiger partial charge < -0.3 is 24.8 Å². The van der Waals surface area contributed by atoms with Crippen molar-refractivity contribution in [3.05, 3.63) is 29.8 Å². The zero-order valence-electron chi connectivity index (χ0n) is 15.1. The fourth-order valence-corrected chi connectivity index (χ4v) is 3.48. The van der Waals surface area contributed by atoms with Crippen LogP contribution in [0.4, 0.5) is 0 Å². The van der Waals surface area contributed by atoms with E-state index in [0.29, 0.717) is 19.6 Å². The molecule has 2 fully saturated rings. The monoisotopic (exact) mass is 362 g/mol. The average Bonchev–Trinajstić information content (AvgIpc) is 3.29. The molecule has 1 aromatic rings.